The van der Waals surface area contributed by atoms with Gasteiger partial charge < -0.3 is 20.1 Å². The Kier molecular flexibility index (Phi) is 11.1. The first kappa shape index (κ1) is 25.4. The SMILES string of the molecule is CCNC(=NCc1ccc(C)c(OC)c1)NCc1ccccc1CN1CCOCC1.I. The summed E-state index contributed by atoms with van der Waals surface area (Å²) in [6, 6.07) is 14.9. The van der Waals surface area contributed by atoms with Gasteiger partial charge in [0.25, 0.3) is 0 Å². The molecule has 31 heavy (non-hydrogen) atoms. The van der Waals surface area contributed by atoms with Crippen LogP contribution in [0, 0.1) is 6.92 Å². The normalized spacial score (nSPS) is 14.6. The van der Waals surface area contributed by atoms with Crippen molar-refractivity contribution in [2.45, 2.75) is 33.5 Å². The third kappa shape index (κ3) is 7.97. The number of halogens is 1. The fourth-order valence-corrected chi connectivity index (χ4v) is 3.54. The van der Waals surface area contributed by atoms with Gasteiger partial charge in [0.2, 0.25) is 0 Å². The lowest BCUT2D eigenvalue weighted by atomic mass is 10.1. The second-order valence-electron chi connectivity index (χ2n) is 7.51. The van der Waals surface area contributed by atoms with Crippen LogP contribution in [0.4, 0.5) is 0 Å². The molecule has 0 unspecified atom stereocenters. The van der Waals surface area contributed by atoms with Crippen molar-refractivity contribution < 1.29 is 9.47 Å². The molecule has 170 valence electrons. The minimum Gasteiger partial charge on any atom is -0.496 e. The summed E-state index contributed by atoms with van der Waals surface area (Å²) in [5, 5.41) is 6.83. The zero-order valence-corrected chi connectivity index (χ0v) is 21.1. The zero-order chi connectivity index (χ0) is 21.2. The summed E-state index contributed by atoms with van der Waals surface area (Å²) >= 11 is 0. The number of hydrogen-bond donors (Lipinski definition) is 2. The summed E-state index contributed by atoms with van der Waals surface area (Å²) in [6.45, 7) is 10.9. The second kappa shape index (κ2) is 13.5. The number of nitrogens with zero attached hydrogens (tertiary/aromatic N) is 2. The molecular weight excluding hydrogens is 503 g/mol. The van der Waals surface area contributed by atoms with Crippen LogP contribution in [0.5, 0.6) is 5.75 Å². The van der Waals surface area contributed by atoms with Gasteiger partial charge >= 0.3 is 0 Å². The second-order valence-corrected chi connectivity index (χ2v) is 7.51. The average molecular weight is 538 g/mol. The predicted molar refractivity (Wildman–Crippen MR) is 137 cm³/mol. The lowest BCUT2D eigenvalue weighted by Crippen LogP contribution is -2.38. The number of rotatable bonds is 8. The highest BCUT2D eigenvalue weighted by atomic mass is 127. The van der Waals surface area contributed by atoms with Gasteiger partial charge in [0.15, 0.2) is 5.96 Å². The first-order chi connectivity index (χ1) is 14.7. The Balaban J connectivity index is 0.00000341. The Labute approximate surface area is 203 Å². The number of methoxy groups -OCH3 is 1. The van der Waals surface area contributed by atoms with E-state index in [9.17, 15) is 0 Å². The third-order valence-corrected chi connectivity index (χ3v) is 5.30. The number of ether oxygens (including phenoxy) is 2. The third-order valence-electron chi connectivity index (χ3n) is 5.30. The van der Waals surface area contributed by atoms with Gasteiger partial charge in [-0.1, -0.05) is 36.4 Å². The Bertz CT molecular complexity index is 838. The van der Waals surface area contributed by atoms with E-state index in [4.69, 9.17) is 14.5 Å². The smallest absolute Gasteiger partial charge is 0.191 e. The lowest BCUT2D eigenvalue weighted by Gasteiger charge is -2.27. The minimum absolute atomic E-state index is 0. The van der Waals surface area contributed by atoms with E-state index >= 15 is 0 Å². The highest BCUT2D eigenvalue weighted by molar-refractivity contribution is 14.0. The van der Waals surface area contributed by atoms with E-state index < -0.39 is 0 Å². The van der Waals surface area contributed by atoms with Crippen LogP contribution < -0.4 is 15.4 Å². The molecule has 7 heteroatoms. The van der Waals surface area contributed by atoms with Crippen LogP contribution in [-0.4, -0.2) is 50.8 Å². The molecule has 2 aromatic rings. The maximum absolute atomic E-state index is 5.47. The fourth-order valence-electron chi connectivity index (χ4n) is 3.54. The van der Waals surface area contributed by atoms with Crippen LogP contribution in [0.2, 0.25) is 0 Å². The van der Waals surface area contributed by atoms with Crippen molar-refractivity contribution in [3.8, 4) is 5.75 Å². The molecule has 1 aliphatic rings. The molecule has 2 N–H and O–H groups in total. The summed E-state index contributed by atoms with van der Waals surface area (Å²) < 4.78 is 10.9. The van der Waals surface area contributed by atoms with E-state index in [0.29, 0.717) is 6.54 Å². The largest absolute Gasteiger partial charge is 0.496 e. The first-order valence-corrected chi connectivity index (χ1v) is 10.7. The van der Waals surface area contributed by atoms with Crippen LogP contribution in [0.25, 0.3) is 0 Å². The molecule has 0 amide bonds. The van der Waals surface area contributed by atoms with Crippen LogP contribution in [0.1, 0.15) is 29.2 Å². The van der Waals surface area contributed by atoms with Crippen LogP contribution in [0.15, 0.2) is 47.5 Å². The van der Waals surface area contributed by atoms with E-state index in [2.05, 4.69) is 64.9 Å². The molecule has 2 aromatic carbocycles. The molecule has 3 rings (SSSR count). The van der Waals surface area contributed by atoms with Crippen molar-refractivity contribution in [2.24, 2.45) is 4.99 Å². The van der Waals surface area contributed by atoms with Gasteiger partial charge in [-0.05, 0) is 42.2 Å². The molecule has 0 spiro atoms. The number of aryl methyl sites for hydroxylation is 1. The Morgan fingerprint density at radius 2 is 1.84 bits per heavy atom. The van der Waals surface area contributed by atoms with Gasteiger partial charge in [-0.25, -0.2) is 4.99 Å². The highest BCUT2D eigenvalue weighted by Crippen LogP contribution is 2.19. The van der Waals surface area contributed by atoms with Crippen LogP contribution >= 0.6 is 24.0 Å². The maximum Gasteiger partial charge on any atom is 0.191 e. The van der Waals surface area contributed by atoms with Gasteiger partial charge in [0, 0.05) is 32.7 Å². The van der Waals surface area contributed by atoms with Crippen LogP contribution in [0.3, 0.4) is 0 Å². The van der Waals surface area contributed by atoms with Gasteiger partial charge in [-0.15, -0.1) is 24.0 Å². The molecule has 0 atom stereocenters. The van der Waals surface area contributed by atoms with Gasteiger partial charge in [-0.3, -0.25) is 4.90 Å². The van der Waals surface area contributed by atoms with Crippen molar-refractivity contribution >= 4 is 29.9 Å². The van der Waals surface area contributed by atoms with Crippen molar-refractivity contribution in [1.29, 1.82) is 0 Å². The average Bonchev–Trinajstić information content (AvgIpc) is 2.78. The number of hydrogen-bond acceptors (Lipinski definition) is 4. The molecule has 0 aromatic heterocycles. The van der Waals surface area contributed by atoms with E-state index in [0.717, 1.165) is 68.8 Å². The minimum atomic E-state index is 0. The number of nitrogens with one attached hydrogen (secondary N) is 2. The van der Waals surface area contributed by atoms with Gasteiger partial charge in [-0.2, -0.15) is 0 Å². The maximum atomic E-state index is 5.47. The Hall–Kier alpha value is -1.84. The zero-order valence-electron chi connectivity index (χ0n) is 18.8. The topological polar surface area (TPSA) is 58.1 Å². The molecule has 1 saturated heterocycles. The molecule has 1 heterocycles. The van der Waals surface area contributed by atoms with Crippen molar-refractivity contribution in [3.05, 3.63) is 64.7 Å². The Morgan fingerprint density at radius 3 is 2.55 bits per heavy atom. The first-order valence-electron chi connectivity index (χ1n) is 10.7. The number of benzene rings is 2. The molecular formula is C24H35IN4O2. The molecule has 1 fully saturated rings. The quantitative estimate of drug-likeness (QED) is 0.305. The standard InChI is InChI=1S/C24H34N4O2.HI/c1-4-25-24(26-16-20-10-9-19(2)23(15-20)29-3)27-17-21-7-5-6-8-22(21)18-28-11-13-30-14-12-28;/h5-10,15H,4,11-14,16-18H2,1-3H3,(H2,25,26,27);1H. The van der Waals surface area contributed by atoms with Gasteiger partial charge in [0.1, 0.15) is 5.75 Å². The predicted octanol–water partition coefficient (Wildman–Crippen LogP) is 3.71. The molecule has 6 nitrogen and oxygen atoms in total. The van der Waals surface area contributed by atoms with Crippen molar-refractivity contribution in [1.82, 2.24) is 15.5 Å². The van der Waals surface area contributed by atoms with E-state index in [-0.39, 0.29) is 24.0 Å². The lowest BCUT2D eigenvalue weighted by molar-refractivity contribution is 0.0341. The molecule has 1 aliphatic heterocycles. The molecule has 0 aliphatic carbocycles. The number of aliphatic imine (C=N–C) groups is 1. The summed E-state index contributed by atoms with van der Waals surface area (Å²) in [5.74, 6) is 1.72. The van der Waals surface area contributed by atoms with Crippen molar-refractivity contribution in [2.75, 3.05) is 40.0 Å². The highest BCUT2D eigenvalue weighted by Gasteiger charge is 2.12. The van der Waals surface area contributed by atoms with E-state index in [1.54, 1.807) is 7.11 Å². The molecule has 0 radical (unpaired) electrons. The monoisotopic (exact) mass is 538 g/mol. The van der Waals surface area contributed by atoms with Crippen LogP contribution in [-0.2, 0) is 24.4 Å². The van der Waals surface area contributed by atoms with Crippen molar-refractivity contribution in [3.63, 3.8) is 0 Å². The van der Waals surface area contributed by atoms with E-state index in [1.807, 2.05) is 6.92 Å². The number of guanidine groups is 1. The summed E-state index contributed by atoms with van der Waals surface area (Å²) in [5.41, 5.74) is 4.91. The summed E-state index contributed by atoms with van der Waals surface area (Å²) in [4.78, 5) is 7.21. The summed E-state index contributed by atoms with van der Waals surface area (Å²) in [7, 11) is 1.70. The summed E-state index contributed by atoms with van der Waals surface area (Å²) in [6.07, 6.45) is 0. The fraction of sp³-hybridized carbons (Fsp3) is 0.458. The molecule has 0 saturated carbocycles. The van der Waals surface area contributed by atoms with E-state index in [1.165, 1.54) is 11.1 Å². The van der Waals surface area contributed by atoms with Gasteiger partial charge in [0.05, 0.1) is 26.9 Å². The number of morpholine rings is 1. The Morgan fingerprint density at radius 1 is 1.10 bits per heavy atom. The molecule has 0 bridgehead atoms.